The minimum atomic E-state index is -4.60. The van der Waals surface area contributed by atoms with E-state index in [0.717, 1.165) is 28.8 Å². The summed E-state index contributed by atoms with van der Waals surface area (Å²) in [6.07, 6.45) is -4.60. The Morgan fingerprint density at radius 3 is 2.33 bits per heavy atom. The van der Waals surface area contributed by atoms with Crippen molar-refractivity contribution in [3.63, 3.8) is 0 Å². The molecule has 10 heteroatoms. The van der Waals surface area contributed by atoms with E-state index in [1.165, 1.54) is 13.0 Å². The molecule has 0 aliphatic carbocycles. The van der Waals surface area contributed by atoms with E-state index in [9.17, 15) is 27.6 Å². The highest BCUT2D eigenvalue weighted by Crippen LogP contribution is 2.29. The minimum absolute atomic E-state index is 0.0582. The second kappa shape index (κ2) is 11.0. The number of benzene rings is 2. The van der Waals surface area contributed by atoms with Crippen LogP contribution in [0.3, 0.4) is 0 Å². The van der Waals surface area contributed by atoms with Gasteiger partial charge in [0.25, 0.3) is 5.91 Å². The molecule has 3 amide bonds. The summed E-state index contributed by atoms with van der Waals surface area (Å²) in [5.74, 6) is -2.33. The second-order valence-corrected chi connectivity index (χ2v) is 7.80. The predicted molar refractivity (Wildman–Crippen MR) is 117 cm³/mol. The van der Waals surface area contributed by atoms with Crippen LogP contribution in [0.4, 0.5) is 13.2 Å². The molecule has 0 unspecified atom stereocenters. The number of primary amides is 1. The molecule has 178 valence electrons. The molecule has 2 atom stereocenters. The first-order chi connectivity index (χ1) is 15.4. The number of halogens is 3. The molecule has 2 rings (SSSR count). The third kappa shape index (κ3) is 7.60. The Bertz CT molecular complexity index is 1020. The first-order valence-corrected chi connectivity index (χ1v) is 10.2. The van der Waals surface area contributed by atoms with E-state index < -0.39 is 41.5 Å². The van der Waals surface area contributed by atoms with Crippen molar-refractivity contribution in [1.29, 1.82) is 0 Å². The monoisotopic (exact) mass is 464 g/mol. The van der Waals surface area contributed by atoms with Crippen molar-refractivity contribution in [3.05, 3.63) is 70.3 Å². The van der Waals surface area contributed by atoms with Crippen LogP contribution in [0.15, 0.2) is 42.5 Å². The largest absolute Gasteiger partial charge is 0.416 e. The Kier molecular flexibility index (Phi) is 8.58. The molecule has 33 heavy (non-hydrogen) atoms. The number of carbonyl (C=O) groups is 3. The summed E-state index contributed by atoms with van der Waals surface area (Å²) >= 11 is 0. The summed E-state index contributed by atoms with van der Waals surface area (Å²) in [5, 5.41) is 7.84. The number of carbonyl (C=O) groups excluding carboxylic acids is 3. The van der Waals surface area contributed by atoms with Crippen LogP contribution in [0.25, 0.3) is 0 Å². The number of hydrogen-bond donors (Lipinski definition) is 4. The van der Waals surface area contributed by atoms with Crippen LogP contribution in [-0.2, 0) is 22.3 Å². The molecule has 0 bridgehead atoms. The molecule has 2 aromatic rings. The SMILES string of the molecule is Cc1ccc(CNC[C@H](NC(=O)[C@H](C)NC(=O)c2cccc(C(F)(F)F)c2)C(N)=O)c(C)c1. The van der Waals surface area contributed by atoms with Crippen molar-refractivity contribution in [2.75, 3.05) is 6.54 Å². The zero-order valence-corrected chi connectivity index (χ0v) is 18.5. The molecule has 0 saturated heterocycles. The zero-order valence-electron chi connectivity index (χ0n) is 18.5. The Hall–Kier alpha value is -3.40. The normalized spacial score (nSPS) is 13.2. The smallest absolute Gasteiger partial charge is 0.368 e. The molecule has 0 radical (unpaired) electrons. The number of aryl methyl sites for hydroxylation is 2. The van der Waals surface area contributed by atoms with Gasteiger partial charge in [0.2, 0.25) is 11.8 Å². The van der Waals surface area contributed by atoms with E-state index in [4.69, 9.17) is 5.73 Å². The Labute approximate surface area is 189 Å². The maximum atomic E-state index is 12.8. The van der Waals surface area contributed by atoms with Gasteiger partial charge in [-0.1, -0.05) is 29.8 Å². The molecule has 0 aliphatic heterocycles. The van der Waals surface area contributed by atoms with Crippen molar-refractivity contribution in [2.24, 2.45) is 5.73 Å². The van der Waals surface area contributed by atoms with Gasteiger partial charge in [-0.25, -0.2) is 0 Å². The first-order valence-electron chi connectivity index (χ1n) is 10.2. The molecule has 0 heterocycles. The highest BCUT2D eigenvalue weighted by molar-refractivity contribution is 5.98. The lowest BCUT2D eigenvalue weighted by Crippen LogP contribution is -2.55. The summed E-state index contributed by atoms with van der Waals surface area (Å²) in [6.45, 7) is 5.81. The van der Waals surface area contributed by atoms with Gasteiger partial charge in [0, 0.05) is 18.7 Å². The average Bonchev–Trinajstić information content (AvgIpc) is 2.73. The van der Waals surface area contributed by atoms with Gasteiger partial charge in [0.05, 0.1) is 5.56 Å². The van der Waals surface area contributed by atoms with E-state index in [-0.39, 0.29) is 12.1 Å². The van der Waals surface area contributed by atoms with Gasteiger partial charge < -0.3 is 21.7 Å². The van der Waals surface area contributed by atoms with Crippen LogP contribution in [0.1, 0.15) is 39.5 Å². The van der Waals surface area contributed by atoms with Crippen LogP contribution in [0.2, 0.25) is 0 Å². The second-order valence-electron chi connectivity index (χ2n) is 7.80. The topological polar surface area (TPSA) is 113 Å². The van der Waals surface area contributed by atoms with E-state index in [1.807, 2.05) is 32.0 Å². The maximum absolute atomic E-state index is 12.8. The minimum Gasteiger partial charge on any atom is -0.368 e. The fourth-order valence-electron chi connectivity index (χ4n) is 3.10. The summed E-state index contributed by atoms with van der Waals surface area (Å²) in [6, 6.07) is 7.64. The molecule has 0 aliphatic rings. The summed E-state index contributed by atoms with van der Waals surface area (Å²) in [7, 11) is 0. The highest BCUT2D eigenvalue weighted by Gasteiger charge is 2.31. The number of nitrogens with one attached hydrogen (secondary N) is 3. The average molecular weight is 464 g/mol. The molecular weight excluding hydrogens is 437 g/mol. The standard InChI is InChI=1S/C23H27F3N4O3/c1-13-7-8-17(14(2)9-13)11-28-12-19(20(27)31)30-21(32)15(3)29-22(33)16-5-4-6-18(10-16)23(24,25)26/h4-10,15,19,28H,11-12H2,1-3H3,(H2,27,31)(H,29,33)(H,30,32)/t15-,19-/m0/s1. The van der Waals surface area contributed by atoms with Gasteiger partial charge in [-0.05, 0) is 50.1 Å². The lowest BCUT2D eigenvalue weighted by Gasteiger charge is -2.20. The van der Waals surface area contributed by atoms with Gasteiger partial charge >= 0.3 is 6.18 Å². The summed E-state index contributed by atoms with van der Waals surface area (Å²) < 4.78 is 38.5. The quantitative estimate of drug-likeness (QED) is 0.456. The molecule has 7 nitrogen and oxygen atoms in total. The Morgan fingerprint density at radius 2 is 1.73 bits per heavy atom. The van der Waals surface area contributed by atoms with Gasteiger partial charge in [0.1, 0.15) is 12.1 Å². The van der Waals surface area contributed by atoms with Gasteiger partial charge in [-0.2, -0.15) is 13.2 Å². The van der Waals surface area contributed by atoms with Gasteiger partial charge in [-0.3, -0.25) is 14.4 Å². The lowest BCUT2D eigenvalue weighted by molar-refractivity contribution is -0.137. The first kappa shape index (κ1) is 25.9. The van der Waals surface area contributed by atoms with Crippen molar-refractivity contribution in [3.8, 4) is 0 Å². The number of alkyl halides is 3. The lowest BCUT2D eigenvalue weighted by atomic mass is 10.1. The fraction of sp³-hybridized carbons (Fsp3) is 0.348. The molecule has 0 fully saturated rings. The maximum Gasteiger partial charge on any atom is 0.416 e. The fourth-order valence-corrected chi connectivity index (χ4v) is 3.10. The van der Waals surface area contributed by atoms with E-state index in [1.54, 1.807) is 0 Å². The molecule has 5 N–H and O–H groups in total. The molecule has 0 aromatic heterocycles. The Morgan fingerprint density at radius 1 is 1.03 bits per heavy atom. The van der Waals surface area contributed by atoms with Crippen LogP contribution >= 0.6 is 0 Å². The van der Waals surface area contributed by atoms with Gasteiger partial charge in [0.15, 0.2) is 0 Å². The van der Waals surface area contributed by atoms with E-state index in [0.29, 0.717) is 12.6 Å². The number of rotatable bonds is 9. The molecule has 0 saturated carbocycles. The number of amides is 3. The zero-order chi connectivity index (χ0) is 24.8. The molecule has 0 spiro atoms. The van der Waals surface area contributed by atoms with Crippen LogP contribution in [-0.4, -0.2) is 36.3 Å². The summed E-state index contributed by atoms with van der Waals surface area (Å²) in [5.41, 5.74) is 7.38. The van der Waals surface area contributed by atoms with Gasteiger partial charge in [-0.15, -0.1) is 0 Å². The van der Waals surface area contributed by atoms with Crippen LogP contribution in [0, 0.1) is 13.8 Å². The third-order valence-electron chi connectivity index (χ3n) is 5.01. The number of nitrogens with two attached hydrogens (primary N) is 1. The Balaban J connectivity index is 1.93. The van der Waals surface area contributed by atoms with Crippen molar-refractivity contribution in [2.45, 2.75) is 45.6 Å². The predicted octanol–water partition coefficient (Wildman–Crippen LogP) is 2.20. The van der Waals surface area contributed by atoms with Crippen molar-refractivity contribution >= 4 is 17.7 Å². The molecule has 2 aromatic carbocycles. The summed E-state index contributed by atoms with van der Waals surface area (Å²) in [4.78, 5) is 36.5. The molecular formula is C23H27F3N4O3. The van der Waals surface area contributed by atoms with Crippen LogP contribution in [0.5, 0.6) is 0 Å². The van der Waals surface area contributed by atoms with Crippen molar-refractivity contribution in [1.82, 2.24) is 16.0 Å². The third-order valence-corrected chi connectivity index (χ3v) is 5.01. The van der Waals surface area contributed by atoms with E-state index >= 15 is 0 Å². The van der Waals surface area contributed by atoms with E-state index in [2.05, 4.69) is 16.0 Å². The number of hydrogen-bond acceptors (Lipinski definition) is 4. The highest BCUT2D eigenvalue weighted by atomic mass is 19.4. The van der Waals surface area contributed by atoms with Crippen LogP contribution < -0.4 is 21.7 Å². The van der Waals surface area contributed by atoms with Crippen molar-refractivity contribution < 1.29 is 27.6 Å².